The average molecular weight is 340 g/mol. The predicted molar refractivity (Wildman–Crippen MR) is 89.1 cm³/mol. The zero-order chi connectivity index (χ0) is 17.0. The van der Waals surface area contributed by atoms with Crippen LogP contribution < -0.4 is 5.32 Å². The minimum atomic E-state index is -3.02. The van der Waals surface area contributed by atoms with Gasteiger partial charge in [-0.05, 0) is 18.8 Å². The van der Waals surface area contributed by atoms with Gasteiger partial charge in [0.1, 0.15) is 11.5 Å². The molecule has 0 spiro atoms. The van der Waals surface area contributed by atoms with E-state index in [0.29, 0.717) is 18.2 Å². The Labute approximate surface area is 137 Å². The molecule has 1 aliphatic heterocycles. The maximum Gasteiger partial charge on any atom is 0.274 e. The molecule has 1 aromatic heterocycles. The number of nitrogens with one attached hydrogen (secondary N) is 1. The van der Waals surface area contributed by atoms with Crippen LogP contribution in [-0.4, -0.2) is 60.3 Å². The maximum absolute atomic E-state index is 12.4. The van der Waals surface area contributed by atoms with E-state index in [1.165, 1.54) is 17.3 Å². The lowest BCUT2D eigenvalue weighted by Gasteiger charge is -2.22. The van der Waals surface area contributed by atoms with Crippen molar-refractivity contribution < 1.29 is 13.2 Å². The number of hydrogen-bond acceptors (Lipinski definition) is 6. The van der Waals surface area contributed by atoms with Crippen molar-refractivity contribution >= 4 is 21.6 Å². The van der Waals surface area contributed by atoms with Gasteiger partial charge in [-0.2, -0.15) is 0 Å². The molecule has 1 amide bonds. The predicted octanol–water partition coefficient (Wildman–Crippen LogP) is 1.19. The van der Waals surface area contributed by atoms with Crippen LogP contribution in [0.3, 0.4) is 0 Å². The number of sulfone groups is 1. The van der Waals surface area contributed by atoms with E-state index in [-0.39, 0.29) is 29.1 Å². The summed E-state index contributed by atoms with van der Waals surface area (Å²) in [4.78, 5) is 22.2. The van der Waals surface area contributed by atoms with Crippen LogP contribution in [0.5, 0.6) is 0 Å². The van der Waals surface area contributed by atoms with Gasteiger partial charge < -0.3 is 10.2 Å². The molecule has 7 nitrogen and oxygen atoms in total. The second kappa shape index (κ2) is 7.25. The molecule has 0 aromatic carbocycles. The molecule has 1 unspecified atom stereocenters. The number of rotatable bonds is 6. The minimum Gasteiger partial charge on any atom is -0.369 e. The van der Waals surface area contributed by atoms with Crippen LogP contribution in [0.1, 0.15) is 37.2 Å². The smallest absolute Gasteiger partial charge is 0.274 e. The van der Waals surface area contributed by atoms with Crippen molar-refractivity contribution in [1.82, 2.24) is 14.9 Å². The van der Waals surface area contributed by atoms with Gasteiger partial charge in [0.25, 0.3) is 5.91 Å². The standard InChI is InChI=1S/C15H24N4O3S/c1-11(2)4-6-16-14-9-17-13(8-18-14)15(20)19(3)12-5-7-23(21,22)10-12/h8-9,11-12H,4-7,10H2,1-3H3,(H,16,18). The first-order valence-electron chi connectivity index (χ1n) is 7.82. The number of hydrogen-bond donors (Lipinski definition) is 1. The molecule has 1 aromatic rings. The zero-order valence-corrected chi connectivity index (χ0v) is 14.6. The topological polar surface area (TPSA) is 92.3 Å². The number of carbonyl (C=O) groups is 1. The number of nitrogens with zero attached hydrogens (tertiary/aromatic N) is 3. The molecule has 2 heterocycles. The highest BCUT2D eigenvalue weighted by atomic mass is 32.2. The Bertz CT molecular complexity index is 643. The number of aromatic nitrogens is 2. The molecule has 0 saturated carbocycles. The molecule has 1 atom stereocenters. The Kier molecular flexibility index (Phi) is 5.56. The van der Waals surface area contributed by atoms with Gasteiger partial charge in [0, 0.05) is 19.6 Å². The number of amides is 1. The Morgan fingerprint density at radius 3 is 2.65 bits per heavy atom. The quantitative estimate of drug-likeness (QED) is 0.836. The Hall–Kier alpha value is -1.70. The van der Waals surface area contributed by atoms with E-state index >= 15 is 0 Å². The summed E-state index contributed by atoms with van der Waals surface area (Å²) in [5, 5.41) is 3.16. The van der Waals surface area contributed by atoms with Gasteiger partial charge in [0.15, 0.2) is 9.84 Å². The maximum atomic E-state index is 12.4. The zero-order valence-electron chi connectivity index (χ0n) is 13.8. The highest BCUT2D eigenvalue weighted by Gasteiger charge is 2.33. The van der Waals surface area contributed by atoms with Gasteiger partial charge in [0.05, 0.1) is 23.9 Å². The van der Waals surface area contributed by atoms with Crippen LogP contribution in [0.2, 0.25) is 0 Å². The first kappa shape index (κ1) is 17.7. The van der Waals surface area contributed by atoms with E-state index in [1.54, 1.807) is 7.05 Å². The van der Waals surface area contributed by atoms with Crippen molar-refractivity contribution in [3.8, 4) is 0 Å². The van der Waals surface area contributed by atoms with E-state index in [9.17, 15) is 13.2 Å². The average Bonchev–Trinajstić information content (AvgIpc) is 2.86. The second-order valence-electron chi connectivity index (χ2n) is 6.37. The van der Waals surface area contributed by atoms with E-state index in [1.807, 2.05) is 0 Å². The van der Waals surface area contributed by atoms with Crippen LogP contribution in [0, 0.1) is 5.92 Å². The SMILES string of the molecule is CC(C)CCNc1cnc(C(=O)N(C)C2CCS(=O)(=O)C2)cn1. The van der Waals surface area contributed by atoms with Gasteiger partial charge in [-0.25, -0.2) is 18.4 Å². The minimum absolute atomic E-state index is 0.0253. The van der Waals surface area contributed by atoms with Gasteiger partial charge in [0.2, 0.25) is 0 Å². The third-order valence-corrected chi connectivity index (χ3v) is 5.73. The third-order valence-electron chi connectivity index (χ3n) is 3.98. The molecule has 23 heavy (non-hydrogen) atoms. The highest BCUT2D eigenvalue weighted by molar-refractivity contribution is 7.91. The largest absolute Gasteiger partial charge is 0.369 e. The summed E-state index contributed by atoms with van der Waals surface area (Å²) in [6, 6.07) is -0.279. The molecular weight excluding hydrogens is 316 g/mol. The second-order valence-corrected chi connectivity index (χ2v) is 8.60. The fraction of sp³-hybridized carbons (Fsp3) is 0.667. The Balaban J connectivity index is 1.94. The van der Waals surface area contributed by atoms with Gasteiger partial charge in [-0.3, -0.25) is 4.79 Å². The van der Waals surface area contributed by atoms with E-state index < -0.39 is 9.84 Å². The molecule has 0 aliphatic carbocycles. The van der Waals surface area contributed by atoms with Crippen molar-refractivity contribution in [3.05, 3.63) is 18.1 Å². The fourth-order valence-corrected chi connectivity index (χ4v) is 4.22. The fourth-order valence-electron chi connectivity index (χ4n) is 2.45. The normalized spacial score (nSPS) is 19.7. The summed E-state index contributed by atoms with van der Waals surface area (Å²) in [6.07, 6.45) is 4.47. The summed E-state index contributed by atoms with van der Waals surface area (Å²) < 4.78 is 23.0. The number of anilines is 1. The van der Waals surface area contributed by atoms with E-state index in [2.05, 4.69) is 29.1 Å². The summed E-state index contributed by atoms with van der Waals surface area (Å²) in [5.41, 5.74) is 0.228. The lowest BCUT2D eigenvalue weighted by atomic mass is 10.1. The molecule has 8 heteroatoms. The van der Waals surface area contributed by atoms with Crippen molar-refractivity contribution in [2.45, 2.75) is 32.7 Å². The van der Waals surface area contributed by atoms with Gasteiger partial charge >= 0.3 is 0 Å². The van der Waals surface area contributed by atoms with Crippen LogP contribution in [0.4, 0.5) is 5.82 Å². The molecule has 128 valence electrons. The molecule has 0 radical (unpaired) electrons. The third kappa shape index (κ3) is 4.89. The van der Waals surface area contributed by atoms with Crippen LogP contribution in [-0.2, 0) is 9.84 Å². The summed E-state index contributed by atoms with van der Waals surface area (Å²) in [5.74, 6) is 1.10. The first-order valence-corrected chi connectivity index (χ1v) is 9.64. The number of carbonyl (C=O) groups excluding carboxylic acids is 1. The monoisotopic (exact) mass is 340 g/mol. The summed E-state index contributed by atoms with van der Waals surface area (Å²) >= 11 is 0. The van der Waals surface area contributed by atoms with Crippen molar-refractivity contribution in [3.63, 3.8) is 0 Å². The van der Waals surface area contributed by atoms with Gasteiger partial charge in [-0.15, -0.1) is 0 Å². The molecule has 1 saturated heterocycles. The Morgan fingerprint density at radius 1 is 1.39 bits per heavy atom. The molecule has 2 rings (SSSR count). The van der Waals surface area contributed by atoms with Crippen molar-refractivity contribution in [1.29, 1.82) is 0 Å². The molecule has 1 aliphatic rings. The van der Waals surface area contributed by atoms with E-state index in [0.717, 1.165) is 13.0 Å². The summed E-state index contributed by atoms with van der Waals surface area (Å²) in [7, 11) is -1.40. The van der Waals surface area contributed by atoms with Crippen molar-refractivity contribution in [2.75, 3.05) is 30.4 Å². The van der Waals surface area contributed by atoms with Crippen LogP contribution >= 0.6 is 0 Å². The lowest BCUT2D eigenvalue weighted by Crippen LogP contribution is -2.38. The molecule has 1 fully saturated rings. The molecule has 0 bridgehead atoms. The van der Waals surface area contributed by atoms with Crippen molar-refractivity contribution in [2.24, 2.45) is 5.92 Å². The summed E-state index contributed by atoms with van der Waals surface area (Å²) in [6.45, 7) is 5.10. The van der Waals surface area contributed by atoms with Gasteiger partial charge in [-0.1, -0.05) is 13.8 Å². The van der Waals surface area contributed by atoms with Crippen LogP contribution in [0.25, 0.3) is 0 Å². The van der Waals surface area contributed by atoms with Crippen LogP contribution in [0.15, 0.2) is 12.4 Å². The molecule has 1 N–H and O–H groups in total. The molecular formula is C15H24N4O3S. The highest BCUT2D eigenvalue weighted by Crippen LogP contribution is 2.18. The first-order chi connectivity index (χ1) is 10.8. The Morgan fingerprint density at radius 2 is 2.13 bits per heavy atom. The van der Waals surface area contributed by atoms with E-state index in [4.69, 9.17) is 0 Å². The lowest BCUT2D eigenvalue weighted by molar-refractivity contribution is 0.0741.